The van der Waals surface area contributed by atoms with E-state index in [2.05, 4.69) is 5.32 Å². The Labute approximate surface area is 176 Å². The maximum absolute atomic E-state index is 13.6. The molecule has 160 valence electrons. The fourth-order valence-electron chi connectivity index (χ4n) is 3.89. The molecule has 0 bridgehead atoms. The Morgan fingerprint density at radius 2 is 1.90 bits per heavy atom. The quantitative estimate of drug-likeness (QED) is 0.442. The first-order valence-electron chi connectivity index (χ1n) is 10.2. The van der Waals surface area contributed by atoms with Crippen LogP contribution in [0.5, 0.6) is 0 Å². The van der Waals surface area contributed by atoms with Crippen LogP contribution in [0.2, 0.25) is 5.02 Å². The number of nitrogens with zero attached hydrogens (tertiary/aromatic N) is 1. The topological polar surface area (TPSA) is 98.7 Å². The Balaban J connectivity index is 2.39. The summed E-state index contributed by atoms with van der Waals surface area (Å²) in [5.41, 5.74) is 2.31. The molecule has 29 heavy (non-hydrogen) atoms. The van der Waals surface area contributed by atoms with E-state index in [1.807, 2.05) is 6.92 Å². The number of amides is 3. The van der Waals surface area contributed by atoms with Crippen LogP contribution in [0, 0.1) is 5.92 Å². The summed E-state index contributed by atoms with van der Waals surface area (Å²) in [4.78, 5) is 40.2. The largest absolute Gasteiger partial charge is 0.354 e. The highest BCUT2D eigenvalue weighted by atomic mass is 35.5. The first-order valence-corrected chi connectivity index (χ1v) is 10.6. The van der Waals surface area contributed by atoms with E-state index in [1.54, 1.807) is 41.6 Å². The third kappa shape index (κ3) is 5.70. The Bertz CT molecular complexity index is 710. The molecule has 7 nitrogen and oxygen atoms in total. The average molecular weight is 424 g/mol. The summed E-state index contributed by atoms with van der Waals surface area (Å²) in [6.07, 6.45) is 3.44. The number of rotatable bonds is 8. The van der Waals surface area contributed by atoms with Crippen LogP contribution in [0.15, 0.2) is 24.3 Å². The molecule has 1 saturated heterocycles. The number of likely N-dealkylation sites (tertiary alicyclic amines) is 1. The molecule has 0 unspecified atom stereocenters. The molecular formula is C21H30ClN3O4. The number of halogens is 1. The van der Waals surface area contributed by atoms with Gasteiger partial charge in [-0.2, -0.15) is 0 Å². The highest BCUT2D eigenvalue weighted by Crippen LogP contribution is 2.33. The summed E-state index contributed by atoms with van der Waals surface area (Å²) in [5, 5.41) is 12.6. The molecule has 1 aromatic carbocycles. The van der Waals surface area contributed by atoms with E-state index in [4.69, 9.17) is 11.6 Å². The van der Waals surface area contributed by atoms with Gasteiger partial charge in [0.2, 0.25) is 17.7 Å². The molecule has 8 heteroatoms. The lowest BCUT2D eigenvalue weighted by Crippen LogP contribution is -2.54. The normalized spacial score (nSPS) is 18.6. The zero-order chi connectivity index (χ0) is 21.4. The van der Waals surface area contributed by atoms with Gasteiger partial charge in [-0.3, -0.25) is 19.6 Å². The van der Waals surface area contributed by atoms with Crippen molar-refractivity contribution in [1.82, 2.24) is 15.7 Å². The number of carbonyl (C=O) groups is 3. The van der Waals surface area contributed by atoms with Crippen molar-refractivity contribution in [3.8, 4) is 0 Å². The van der Waals surface area contributed by atoms with Crippen molar-refractivity contribution in [2.75, 3.05) is 13.1 Å². The van der Waals surface area contributed by atoms with Gasteiger partial charge in [0.1, 0.15) is 6.04 Å². The predicted molar refractivity (Wildman–Crippen MR) is 111 cm³/mol. The van der Waals surface area contributed by atoms with Crippen molar-refractivity contribution < 1.29 is 19.6 Å². The third-order valence-corrected chi connectivity index (χ3v) is 5.67. The Morgan fingerprint density at radius 1 is 1.21 bits per heavy atom. The summed E-state index contributed by atoms with van der Waals surface area (Å²) in [6.45, 7) is 4.78. The van der Waals surface area contributed by atoms with Crippen LogP contribution in [0.4, 0.5) is 0 Å². The molecule has 1 aromatic rings. The molecular weight excluding hydrogens is 394 g/mol. The van der Waals surface area contributed by atoms with Crippen molar-refractivity contribution in [3.63, 3.8) is 0 Å². The van der Waals surface area contributed by atoms with Crippen LogP contribution in [-0.4, -0.2) is 47.0 Å². The van der Waals surface area contributed by atoms with E-state index in [-0.39, 0.29) is 11.8 Å². The zero-order valence-electron chi connectivity index (χ0n) is 17.0. The maximum Gasteiger partial charge on any atom is 0.247 e. The molecule has 3 N–H and O–H groups in total. The van der Waals surface area contributed by atoms with Gasteiger partial charge in [0, 0.05) is 18.1 Å². The van der Waals surface area contributed by atoms with E-state index < -0.39 is 23.8 Å². The molecule has 1 heterocycles. The summed E-state index contributed by atoms with van der Waals surface area (Å²) < 4.78 is 0. The number of piperidine rings is 1. The van der Waals surface area contributed by atoms with E-state index in [1.165, 1.54) is 0 Å². The summed E-state index contributed by atoms with van der Waals surface area (Å²) in [5.74, 6) is -2.64. The number of hydrogen-bond acceptors (Lipinski definition) is 4. The van der Waals surface area contributed by atoms with Gasteiger partial charge in [-0.15, -0.1) is 0 Å². The van der Waals surface area contributed by atoms with Gasteiger partial charge >= 0.3 is 0 Å². The van der Waals surface area contributed by atoms with Crippen molar-refractivity contribution in [3.05, 3.63) is 34.9 Å². The van der Waals surface area contributed by atoms with Gasteiger partial charge in [-0.05, 0) is 49.8 Å². The molecule has 3 amide bonds. The Morgan fingerprint density at radius 3 is 2.48 bits per heavy atom. The van der Waals surface area contributed by atoms with Crippen LogP contribution in [-0.2, 0) is 14.4 Å². The van der Waals surface area contributed by atoms with E-state index in [9.17, 15) is 19.6 Å². The minimum Gasteiger partial charge on any atom is -0.354 e. The third-order valence-electron chi connectivity index (χ3n) is 5.42. The van der Waals surface area contributed by atoms with Crippen molar-refractivity contribution in [2.45, 2.75) is 57.9 Å². The highest BCUT2D eigenvalue weighted by molar-refractivity contribution is 6.30. The van der Waals surface area contributed by atoms with Crippen LogP contribution in [0.3, 0.4) is 0 Å². The van der Waals surface area contributed by atoms with Gasteiger partial charge in [0.15, 0.2) is 0 Å². The summed E-state index contributed by atoms with van der Waals surface area (Å²) in [7, 11) is 0. The zero-order valence-corrected chi connectivity index (χ0v) is 17.7. The van der Waals surface area contributed by atoms with Gasteiger partial charge < -0.3 is 10.2 Å². The van der Waals surface area contributed by atoms with Crippen LogP contribution >= 0.6 is 11.6 Å². The lowest BCUT2D eigenvalue weighted by Gasteiger charge is -2.38. The van der Waals surface area contributed by atoms with Crippen LogP contribution in [0.1, 0.15) is 57.4 Å². The number of nitrogens with one attached hydrogen (secondary N) is 2. The SMILES string of the molecule is CCCNC(=O)[C@@H]1CCCCN1C(=O)[C@H](c1ccc(Cl)cc1)[C@H](CC)C(=O)NO. The average Bonchev–Trinajstić information content (AvgIpc) is 2.75. The molecule has 2 rings (SSSR count). The lowest BCUT2D eigenvalue weighted by atomic mass is 9.81. The molecule has 0 aliphatic carbocycles. The highest BCUT2D eigenvalue weighted by Gasteiger charge is 2.40. The fraction of sp³-hybridized carbons (Fsp3) is 0.571. The smallest absolute Gasteiger partial charge is 0.247 e. The van der Waals surface area contributed by atoms with E-state index in [0.29, 0.717) is 36.5 Å². The van der Waals surface area contributed by atoms with Gasteiger partial charge in [0.05, 0.1) is 11.8 Å². The standard InChI is InChI=1S/C21H30ClN3O4/c1-3-12-23-20(27)17-7-5-6-13-25(17)21(28)18(16(4-2)19(26)24-29)14-8-10-15(22)11-9-14/h8-11,16-18,29H,3-7,12-13H2,1-2H3,(H,23,27)(H,24,26)/t16-,17-,18+/m0/s1. The second-order valence-corrected chi connectivity index (χ2v) is 7.79. The number of carbonyl (C=O) groups excluding carboxylic acids is 3. The fourth-order valence-corrected chi connectivity index (χ4v) is 4.01. The first kappa shape index (κ1) is 23.2. The number of hydrogen-bond donors (Lipinski definition) is 3. The number of benzene rings is 1. The Kier molecular flexibility index (Phi) is 8.92. The lowest BCUT2D eigenvalue weighted by molar-refractivity contribution is -0.147. The van der Waals surface area contributed by atoms with E-state index in [0.717, 1.165) is 19.3 Å². The molecule has 1 fully saturated rings. The first-order chi connectivity index (χ1) is 13.9. The van der Waals surface area contributed by atoms with Gasteiger partial charge in [-0.1, -0.05) is 37.6 Å². The van der Waals surface area contributed by atoms with Crippen molar-refractivity contribution in [1.29, 1.82) is 0 Å². The summed E-state index contributed by atoms with van der Waals surface area (Å²) in [6, 6.07) is 6.22. The number of hydroxylamine groups is 1. The van der Waals surface area contributed by atoms with Gasteiger partial charge in [0.25, 0.3) is 0 Å². The van der Waals surface area contributed by atoms with Crippen molar-refractivity contribution in [2.24, 2.45) is 5.92 Å². The van der Waals surface area contributed by atoms with Crippen LogP contribution < -0.4 is 10.8 Å². The maximum atomic E-state index is 13.6. The van der Waals surface area contributed by atoms with Crippen LogP contribution in [0.25, 0.3) is 0 Å². The molecule has 0 aromatic heterocycles. The molecule has 0 spiro atoms. The van der Waals surface area contributed by atoms with Crippen molar-refractivity contribution >= 4 is 29.3 Å². The summed E-state index contributed by atoms with van der Waals surface area (Å²) >= 11 is 5.99. The minimum absolute atomic E-state index is 0.158. The molecule has 0 saturated carbocycles. The minimum atomic E-state index is -0.816. The Hall–Kier alpha value is -2.12. The molecule has 1 aliphatic heterocycles. The second-order valence-electron chi connectivity index (χ2n) is 7.35. The molecule has 3 atom stereocenters. The second kappa shape index (κ2) is 11.2. The van der Waals surface area contributed by atoms with Gasteiger partial charge in [-0.25, -0.2) is 5.48 Å². The van der Waals surface area contributed by atoms with E-state index >= 15 is 0 Å². The molecule has 1 aliphatic rings. The monoisotopic (exact) mass is 423 g/mol. The predicted octanol–water partition coefficient (Wildman–Crippen LogP) is 2.86. The molecule has 0 radical (unpaired) electrons.